The van der Waals surface area contributed by atoms with Crippen molar-refractivity contribution in [1.82, 2.24) is 5.32 Å². The largest absolute Gasteiger partial charge is 0.307 e. The zero-order chi connectivity index (χ0) is 11.0. The smallest absolute Gasteiger partial charge is 0.0325 e. The molecule has 0 radical (unpaired) electrons. The van der Waals surface area contributed by atoms with E-state index in [4.69, 9.17) is 0 Å². The first kappa shape index (κ1) is 10.9. The molecule has 0 aromatic carbocycles. The van der Waals surface area contributed by atoms with Crippen LogP contribution >= 0.6 is 0 Å². The van der Waals surface area contributed by atoms with Crippen molar-refractivity contribution in [1.29, 1.82) is 0 Å². The highest BCUT2D eigenvalue weighted by Gasteiger charge is 2.34. The van der Waals surface area contributed by atoms with Crippen molar-refractivity contribution in [3.8, 4) is 0 Å². The van der Waals surface area contributed by atoms with Crippen molar-refractivity contribution in [3.63, 3.8) is 0 Å². The Kier molecular flexibility index (Phi) is 3.01. The van der Waals surface area contributed by atoms with Gasteiger partial charge in [-0.05, 0) is 57.1 Å². The van der Waals surface area contributed by atoms with Crippen LogP contribution in [0.15, 0.2) is 22.8 Å². The molecule has 0 aliphatic carbocycles. The van der Waals surface area contributed by atoms with Gasteiger partial charge in [0, 0.05) is 12.1 Å². The molecule has 1 heteroatoms. The van der Waals surface area contributed by atoms with Crippen LogP contribution in [0.25, 0.3) is 0 Å². The van der Waals surface area contributed by atoms with Crippen LogP contribution in [-0.2, 0) is 0 Å². The Labute approximate surface area is 93.6 Å². The van der Waals surface area contributed by atoms with Crippen LogP contribution in [-0.4, -0.2) is 12.1 Å². The highest BCUT2D eigenvalue weighted by atomic mass is 15.0. The number of nitrogens with one attached hydrogen (secondary N) is 1. The second kappa shape index (κ2) is 4.13. The van der Waals surface area contributed by atoms with E-state index in [2.05, 4.69) is 39.1 Å². The van der Waals surface area contributed by atoms with Crippen LogP contribution in [0, 0.1) is 5.92 Å². The summed E-state index contributed by atoms with van der Waals surface area (Å²) >= 11 is 0. The van der Waals surface area contributed by atoms with Crippen LogP contribution in [0.5, 0.6) is 0 Å². The molecule has 3 atom stereocenters. The van der Waals surface area contributed by atoms with E-state index in [1.54, 1.807) is 5.57 Å². The minimum absolute atomic E-state index is 0.627. The molecule has 2 rings (SSSR count). The minimum Gasteiger partial charge on any atom is -0.307 e. The number of rotatable bonds is 1. The Morgan fingerprint density at radius 2 is 2.07 bits per heavy atom. The molecule has 1 N–H and O–H groups in total. The third-order valence-electron chi connectivity index (χ3n) is 4.11. The Hall–Kier alpha value is -0.560. The summed E-state index contributed by atoms with van der Waals surface area (Å²) in [6.07, 6.45) is 6.35. The number of allylic oxidation sites excluding steroid dienone is 2. The lowest BCUT2D eigenvalue weighted by atomic mass is 9.88. The maximum atomic E-state index is 3.79. The van der Waals surface area contributed by atoms with Gasteiger partial charge in [0.15, 0.2) is 0 Å². The summed E-state index contributed by atoms with van der Waals surface area (Å²) in [6, 6.07) is 1.39. The minimum atomic E-state index is 0.627. The van der Waals surface area contributed by atoms with Gasteiger partial charge in [0.05, 0.1) is 0 Å². The van der Waals surface area contributed by atoms with E-state index in [0.29, 0.717) is 6.04 Å². The summed E-state index contributed by atoms with van der Waals surface area (Å²) in [6.45, 7) is 9.10. The fraction of sp³-hybridized carbons (Fsp3) is 0.714. The van der Waals surface area contributed by atoms with Crippen molar-refractivity contribution in [2.24, 2.45) is 5.92 Å². The molecule has 0 saturated carbocycles. The molecule has 2 unspecified atom stereocenters. The molecule has 1 fully saturated rings. The third kappa shape index (κ3) is 2.03. The van der Waals surface area contributed by atoms with Crippen molar-refractivity contribution in [2.45, 2.75) is 59.0 Å². The maximum Gasteiger partial charge on any atom is 0.0325 e. The predicted octanol–water partition coefficient (Wildman–Crippen LogP) is 3.43. The summed E-state index contributed by atoms with van der Waals surface area (Å²) in [5, 5.41) is 3.79. The van der Waals surface area contributed by atoms with Gasteiger partial charge >= 0.3 is 0 Å². The molecule has 15 heavy (non-hydrogen) atoms. The van der Waals surface area contributed by atoms with Crippen LogP contribution in [0.1, 0.15) is 47.0 Å². The first-order valence-corrected chi connectivity index (χ1v) is 6.20. The molecule has 1 saturated heterocycles. The first-order valence-electron chi connectivity index (χ1n) is 6.20. The topological polar surface area (TPSA) is 12.0 Å². The normalized spacial score (nSPS) is 34.7. The van der Waals surface area contributed by atoms with Crippen molar-refractivity contribution in [2.75, 3.05) is 0 Å². The van der Waals surface area contributed by atoms with E-state index >= 15 is 0 Å². The number of hydrogen-bond donors (Lipinski definition) is 1. The van der Waals surface area contributed by atoms with E-state index in [0.717, 1.165) is 12.0 Å². The molecule has 2 aliphatic heterocycles. The van der Waals surface area contributed by atoms with Crippen LogP contribution < -0.4 is 5.32 Å². The van der Waals surface area contributed by atoms with E-state index in [9.17, 15) is 0 Å². The van der Waals surface area contributed by atoms with Gasteiger partial charge in [-0.15, -0.1) is 0 Å². The second-order valence-electron chi connectivity index (χ2n) is 5.40. The lowest BCUT2D eigenvalue weighted by Crippen LogP contribution is -2.30. The van der Waals surface area contributed by atoms with Crippen LogP contribution in [0.2, 0.25) is 0 Å². The molecule has 2 heterocycles. The lowest BCUT2D eigenvalue weighted by Gasteiger charge is -2.17. The highest BCUT2D eigenvalue weighted by Crippen LogP contribution is 2.34. The molecule has 1 nitrogen and oxygen atoms in total. The molecule has 2 bridgehead atoms. The number of hydrogen-bond acceptors (Lipinski definition) is 1. The third-order valence-corrected chi connectivity index (χ3v) is 4.11. The maximum absolute atomic E-state index is 3.79. The second-order valence-corrected chi connectivity index (χ2v) is 5.40. The summed E-state index contributed by atoms with van der Waals surface area (Å²) in [5.41, 5.74) is 4.53. The van der Waals surface area contributed by atoms with Gasteiger partial charge in [0.25, 0.3) is 0 Å². The van der Waals surface area contributed by atoms with Gasteiger partial charge < -0.3 is 5.32 Å². The summed E-state index contributed by atoms with van der Waals surface area (Å²) in [5.74, 6) is 0.851. The Morgan fingerprint density at radius 3 is 2.73 bits per heavy atom. The molecule has 0 aromatic rings. The SMILES string of the molecule is CC(C)=C(C)C1=CCC[C@@H]2NC1CC2C. The standard InChI is InChI=1S/C14H23N/c1-9(2)11(4)12-6-5-7-13-10(3)8-14(12)15-13/h6,10,13-15H,5,7-8H2,1-4H3/t10?,13-,14?/m0/s1. The van der Waals surface area contributed by atoms with Crippen molar-refractivity contribution in [3.05, 3.63) is 22.8 Å². The summed E-state index contributed by atoms with van der Waals surface area (Å²) < 4.78 is 0. The Morgan fingerprint density at radius 1 is 1.33 bits per heavy atom. The fourth-order valence-corrected chi connectivity index (χ4v) is 2.88. The molecule has 0 aromatic heterocycles. The number of fused-ring (bicyclic) bond motifs is 2. The molecular formula is C14H23N. The highest BCUT2D eigenvalue weighted by molar-refractivity contribution is 5.38. The van der Waals surface area contributed by atoms with E-state index in [1.807, 2.05) is 0 Å². The fourth-order valence-electron chi connectivity index (χ4n) is 2.88. The van der Waals surface area contributed by atoms with Crippen molar-refractivity contribution >= 4 is 0 Å². The quantitative estimate of drug-likeness (QED) is 0.691. The van der Waals surface area contributed by atoms with E-state index in [1.165, 1.54) is 30.4 Å². The zero-order valence-corrected chi connectivity index (χ0v) is 10.4. The zero-order valence-electron chi connectivity index (χ0n) is 10.4. The van der Waals surface area contributed by atoms with Crippen LogP contribution in [0.4, 0.5) is 0 Å². The van der Waals surface area contributed by atoms with Gasteiger partial charge in [0.2, 0.25) is 0 Å². The van der Waals surface area contributed by atoms with Gasteiger partial charge in [0.1, 0.15) is 0 Å². The monoisotopic (exact) mass is 205 g/mol. The van der Waals surface area contributed by atoms with Gasteiger partial charge in [-0.25, -0.2) is 0 Å². The summed E-state index contributed by atoms with van der Waals surface area (Å²) in [4.78, 5) is 0. The Bertz CT molecular complexity index is 307. The predicted molar refractivity (Wildman–Crippen MR) is 65.9 cm³/mol. The van der Waals surface area contributed by atoms with E-state index in [-0.39, 0.29) is 0 Å². The average molecular weight is 205 g/mol. The van der Waals surface area contributed by atoms with Crippen molar-refractivity contribution < 1.29 is 0 Å². The molecule has 2 aliphatic rings. The van der Waals surface area contributed by atoms with Gasteiger partial charge in [-0.1, -0.05) is 18.6 Å². The van der Waals surface area contributed by atoms with E-state index < -0.39 is 0 Å². The molecule has 0 amide bonds. The van der Waals surface area contributed by atoms with Crippen LogP contribution in [0.3, 0.4) is 0 Å². The Balaban J connectivity index is 2.26. The van der Waals surface area contributed by atoms with Gasteiger partial charge in [-0.2, -0.15) is 0 Å². The van der Waals surface area contributed by atoms with Gasteiger partial charge in [-0.3, -0.25) is 0 Å². The molecule has 84 valence electrons. The molecule has 0 spiro atoms. The molecular weight excluding hydrogens is 182 g/mol. The summed E-state index contributed by atoms with van der Waals surface area (Å²) in [7, 11) is 0. The average Bonchev–Trinajstić information content (AvgIpc) is 2.42. The lowest BCUT2D eigenvalue weighted by molar-refractivity contribution is 0.457. The first-order chi connectivity index (χ1) is 7.09.